The second kappa shape index (κ2) is 5.36. The summed E-state index contributed by atoms with van der Waals surface area (Å²) >= 11 is 0. The third kappa shape index (κ3) is 3.09. The molecule has 1 N–H and O–H groups in total. The molecule has 1 aromatic heterocycles. The quantitative estimate of drug-likeness (QED) is 0.912. The molecule has 0 bridgehead atoms. The molecule has 1 atom stereocenters. The Balaban J connectivity index is 2.44. The molecule has 1 aromatic carbocycles. The predicted molar refractivity (Wildman–Crippen MR) is 72.2 cm³/mol. The molecule has 0 radical (unpaired) electrons. The zero-order valence-corrected chi connectivity index (χ0v) is 11.0. The van der Waals surface area contributed by atoms with Gasteiger partial charge in [0.2, 0.25) is 0 Å². The molecule has 0 aliphatic rings. The summed E-state index contributed by atoms with van der Waals surface area (Å²) in [6.45, 7) is 3.28. The minimum atomic E-state index is -0.666. The van der Waals surface area contributed by atoms with Crippen LogP contribution in [0.3, 0.4) is 0 Å². The number of ketones is 1. The first-order chi connectivity index (χ1) is 8.97. The number of carbonyl (C=O) groups is 1. The summed E-state index contributed by atoms with van der Waals surface area (Å²) in [4.78, 5) is 23.8. The SMILES string of the molecule is Cc1cc(=O)c2c(CC(=O)CC(C)O)cccc2o1. The first-order valence-corrected chi connectivity index (χ1v) is 6.19. The fourth-order valence-corrected chi connectivity index (χ4v) is 2.16. The lowest BCUT2D eigenvalue weighted by Gasteiger charge is -2.06. The molecule has 2 rings (SSSR count). The number of hydrogen-bond donors (Lipinski definition) is 1. The van der Waals surface area contributed by atoms with Crippen LogP contribution in [0, 0.1) is 6.92 Å². The summed E-state index contributed by atoms with van der Waals surface area (Å²) in [7, 11) is 0. The highest BCUT2D eigenvalue weighted by atomic mass is 16.3. The van der Waals surface area contributed by atoms with Gasteiger partial charge in [0, 0.05) is 18.9 Å². The topological polar surface area (TPSA) is 67.5 Å². The van der Waals surface area contributed by atoms with Gasteiger partial charge in [-0.2, -0.15) is 0 Å². The van der Waals surface area contributed by atoms with Gasteiger partial charge in [-0.1, -0.05) is 12.1 Å². The van der Waals surface area contributed by atoms with Crippen molar-refractivity contribution in [1.29, 1.82) is 0 Å². The minimum Gasteiger partial charge on any atom is -0.461 e. The molecule has 0 amide bonds. The Morgan fingerprint density at radius 2 is 2.16 bits per heavy atom. The third-order valence-corrected chi connectivity index (χ3v) is 2.87. The molecule has 0 saturated carbocycles. The Morgan fingerprint density at radius 3 is 2.84 bits per heavy atom. The highest BCUT2D eigenvalue weighted by Crippen LogP contribution is 2.17. The zero-order chi connectivity index (χ0) is 14.0. The maximum atomic E-state index is 12.0. The lowest BCUT2D eigenvalue weighted by molar-refractivity contribution is -0.120. The summed E-state index contributed by atoms with van der Waals surface area (Å²) in [6.07, 6.45) is -0.440. The predicted octanol–water partition coefficient (Wildman–Crippen LogP) is 1.98. The lowest BCUT2D eigenvalue weighted by atomic mass is 10.0. The van der Waals surface area contributed by atoms with E-state index in [-0.39, 0.29) is 24.1 Å². The number of aliphatic hydroxyl groups is 1. The number of aryl methyl sites for hydroxylation is 1. The maximum absolute atomic E-state index is 12.0. The molecule has 0 fully saturated rings. The number of carbonyl (C=O) groups excluding carboxylic acids is 1. The summed E-state index contributed by atoms with van der Waals surface area (Å²) in [5.41, 5.74) is 1.00. The second-order valence-electron chi connectivity index (χ2n) is 4.78. The van der Waals surface area contributed by atoms with Gasteiger partial charge in [0.25, 0.3) is 0 Å². The molecule has 2 aromatic rings. The first kappa shape index (κ1) is 13.5. The molecule has 0 spiro atoms. The first-order valence-electron chi connectivity index (χ1n) is 6.19. The van der Waals surface area contributed by atoms with Crippen molar-refractivity contribution in [3.05, 3.63) is 45.8 Å². The number of benzene rings is 1. The number of fused-ring (bicyclic) bond motifs is 1. The van der Waals surface area contributed by atoms with E-state index in [2.05, 4.69) is 0 Å². The van der Waals surface area contributed by atoms with Crippen LogP contribution in [0.4, 0.5) is 0 Å². The summed E-state index contributed by atoms with van der Waals surface area (Å²) in [5.74, 6) is 0.451. The molecule has 1 heterocycles. The molecule has 0 saturated heterocycles. The van der Waals surface area contributed by atoms with Crippen molar-refractivity contribution in [1.82, 2.24) is 0 Å². The van der Waals surface area contributed by atoms with E-state index in [4.69, 9.17) is 4.42 Å². The van der Waals surface area contributed by atoms with Crippen molar-refractivity contribution in [2.24, 2.45) is 0 Å². The number of Topliss-reactive ketones (excluding diaryl/α,β-unsaturated/α-hetero) is 1. The van der Waals surface area contributed by atoms with Gasteiger partial charge in [0.15, 0.2) is 5.43 Å². The van der Waals surface area contributed by atoms with Crippen LogP contribution in [0.25, 0.3) is 11.0 Å². The monoisotopic (exact) mass is 260 g/mol. The van der Waals surface area contributed by atoms with E-state index >= 15 is 0 Å². The lowest BCUT2D eigenvalue weighted by Crippen LogP contribution is -2.13. The summed E-state index contributed by atoms with van der Waals surface area (Å²) in [5, 5.41) is 9.65. The van der Waals surface area contributed by atoms with E-state index in [1.54, 1.807) is 32.0 Å². The van der Waals surface area contributed by atoms with Gasteiger partial charge in [0.05, 0.1) is 11.5 Å². The third-order valence-electron chi connectivity index (χ3n) is 2.87. The molecule has 1 unspecified atom stereocenters. The van der Waals surface area contributed by atoms with Gasteiger partial charge >= 0.3 is 0 Å². The van der Waals surface area contributed by atoms with Crippen LogP contribution in [-0.2, 0) is 11.2 Å². The zero-order valence-electron chi connectivity index (χ0n) is 11.0. The second-order valence-corrected chi connectivity index (χ2v) is 4.78. The molecule has 0 aliphatic carbocycles. The van der Waals surface area contributed by atoms with Crippen LogP contribution in [0.15, 0.2) is 33.5 Å². The van der Waals surface area contributed by atoms with Gasteiger partial charge in [-0.15, -0.1) is 0 Å². The van der Waals surface area contributed by atoms with Gasteiger partial charge in [0.1, 0.15) is 17.1 Å². The molecule has 19 heavy (non-hydrogen) atoms. The smallest absolute Gasteiger partial charge is 0.193 e. The summed E-state index contributed by atoms with van der Waals surface area (Å²) in [6, 6.07) is 6.64. The van der Waals surface area contributed by atoms with Crippen LogP contribution in [0.2, 0.25) is 0 Å². The van der Waals surface area contributed by atoms with E-state index in [1.165, 1.54) is 6.07 Å². The molecular formula is C15H16O4. The normalized spacial score (nSPS) is 12.6. The largest absolute Gasteiger partial charge is 0.461 e. The standard InChI is InChI=1S/C15H16O4/c1-9(16)6-12(17)8-11-4-3-5-14-15(11)13(18)7-10(2)19-14/h3-5,7,9,16H,6,8H2,1-2H3. The van der Waals surface area contributed by atoms with Gasteiger partial charge in [-0.25, -0.2) is 0 Å². The van der Waals surface area contributed by atoms with Crippen LogP contribution >= 0.6 is 0 Å². The van der Waals surface area contributed by atoms with Crippen molar-refractivity contribution in [3.63, 3.8) is 0 Å². The van der Waals surface area contributed by atoms with Crippen molar-refractivity contribution < 1.29 is 14.3 Å². The number of hydrogen-bond acceptors (Lipinski definition) is 4. The van der Waals surface area contributed by atoms with Gasteiger partial charge in [-0.05, 0) is 25.5 Å². The van der Waals surface area contributed by atoms with E-state index in [0.717, 1.165) is 0 Å². The van der Waals surface area contributed by atoms with Gasteiger partial charge < -0.3 is 9.52 Å². The van der Waals surface area contributed by atoms with Crippen molar-refractivity contribution >= 4 is 16.8 Å². The minimum absolute atomic E-state index is 0.0909. The van der Waals surface area contributed by atoms with Crippen molar-refractivity contribution in [2.75, 3.05) is 0 Å². The van der Waals surface area contributed by atoms with E-state index < -0.39 is 6.10 Å². The average molecular weight is 260 g/mol. The van der Waals surface area contributed by atoms with Crippen LogP contribution in [0.1, 0.15) is 24.7 Å². The Kier molecular flexibility index (Phi) is 3.81. The average Bonchev–Trinajstić information content (AvgIpc) is 2.26. The van der Waals surface area contributed by atoms with Gasteiger partial charge in [-0.3, -0.25) is 9.59 Å². The molecular weight excluding hydrogens is 244 g/mol. The Morgan fingerprint density at radius 1 is 1.42 bits per heavy atom. The van der Waals surface area contributed by atoms with Crippen molar-refractivity contribution in [2.45, 2.75) is 32.8 Å². The fraction of sp³-hybridized carbons (Fsp3) is 0.333. The Bertz CT molecular complexity index is 667. The van der Waals surface area contributed by atoms with Crippen LogP contribution in [-0.4, -0.2) is 17.0 Å². The van der Waals surface area contributed by atoms with Crippen molar-refractivity contribution in [3.8, 4) is 0 Å². The summed E-state index contributed by atoms with van der Waals surface area (Å²) < 4.78 is 5.49. The number of rotatable bonds is 4. The molecule has 4 heteroatoms. The fourth-order valence-electron chi connectivity index (χ4n) is 2.16. The Hall–Kier alpha value is -1.94. The van der Waals surface area contributed by atoms with E-state index in [1.807, 2.05) is 0 Å². The van der Waals surface area contributed by atoms with E-state index in [9.17, 15) is 14.7 Å². The molecule has 4 nitrogen and oxygen atoms in total. The molecule has 100 valence electrons. The number of aliphatic hydroxyl groups excluding tert-OH is 1. The van der Waals surface area contributed by atoms with Crippen LogP contribution < -0.4 is 5.43 Å². The Labute approximate surface area is 110 Å². The van der Waals surface area contributed by atoms with E-state index in [0.29, 0.717) is 22.3 Å². The van der Waals surface area contributed by atoms with Crippen LogP contribution in [0.5, 0.6) is 0 Å². The highest BCUT2D eigenvalue weighted by Gasteiger charge is 2.12. The molecule has 0 aliphatic heterocycles. The highest BCUT2D eigenvalue weighted by molar-refractivity contribution is 5.88. The maximum Gasteiger partial charge on any atom is 0.193 e.